The summed E-state index contributed by atoms with van der Waals surface area (Å²) in [6.45, 7) is 3.43. The van der Waals surface area contributed by atoms with Crippen LogP contribution in [0, 0.1) is 13.8 Å². The van der Waals surface area contributed by atoms with Gasteiger partial charge in [0.25, 0.3) is 0 Å². The molecule has 21 heavy (non-hydrogen) atoms. The number of thiol groups is 1. The van der Waals surface area contributed by atoms with E-state index in [1.807, 2.05) is 0 Å². The molecule has 2 aromatic rings. The van der Waals surface area contributed by atoms with Crippen molar-refractivity contribution in [3.8, 4) is 23.0 Å². The Morgan fingerprint density at radius 1 is 0.905 bits per heavy atom. The summed E-state index contributed by atoms with van der Waals surface area (Å²) in [5.41, 5.74) is 1.13. The Kier molecular flexibility index (Phi) is 4.81. The van der Waals surface area contributed by atoms with Gasteiger partial charge in [-0.3, -0.25) is 0 Å². The molecule has 0 aromatic heterocycles. The molecule has 0 atom stereocenters. The highest BCUT2D eigenvalue weighted by Crippen LogP contribution is 2.63. The van der Waals surface area contributed by atoms with Crippen molar-refractivity contribution < 1.29 is 19.3 Å². The maximum atomic E-state index is 9.67. The number of hydrogen-bond donors (Lipinski definition) is 3. The lowest BCUT2D eigenvalue weighted by Crippen LogP contribution is -2.02. The average molecular weight is 342 g/mol. The molecule has 7 heteroatoms. The monoisotopic (exact) mass is 342 g/mol. The molecular weight excluding hydrogens is 327 g/mol. The molecule has 0 heterocycles. The van der Waals surface area contributed by atoms with Gasteiger partial charge in [0.2, 0.25) is 0 Å². The van der Waals surface area contributed by atoms with Gasteiger partial charge < -0.3 is 31.5 Å². The number of hydrogen-bond acceptors (Lipinski definition) is 6. The Labute approximate surface area is 134 Å². The van der Waals surface area contributed by atoms with Gasteiger partial charge in [-0.1, -0.05) is 12.1 Å². The zero-order chi connectivity index (χ0) is 15.6. The molecule has 0 spiro atoms. The van der Waals surface area contributed by atoms with Crippen LogP contribution in [0.5, 0.6) is 23.0 Å². The van der Waals surface area contributed by atoms with Crippen LogP contribution in [0.2, 0.25) is 0 Å². The van der Waals surface area contributed by atoms with Gasteiger partial charge in [0.15, 0.2) is 11.5 Å². The molecule has 0 saturated heterocycles. The van der Waals surface area contributed by atoms with Crippen molar-refractivity contribution in [3.63, 3.8) is 0 Å². The normalized spacial score (nSPS) is 11.2. The van der Waals surface area contributed by atoms with Crippen molar-refractivity contribution in [1.82, 2.24) is 0 Å². The van der Waals surface area contributed by atoms with Crippen molar-refractivity contribution in [3.05, 3.63) is 47.5 Å². The Morgan fingerprint density at radius 2 is 1.29 bits per heavy atom. The molecule has 2 rings (SSSR count). The highest BCUT2D eigenvalue weighted by molar-refractivity contribution is 8.76. The van der Waals surface area contributed by atoms with E-state index in [-0.39, 0.29) is 11.5 Å². The van der Waals surface area contributed by atoms with E-state index < -0.39 is 6.12 Å². The number of aromatic hydroxyl groups is 2. The van der Waals surface area contributed by atoms with Gasteiger partial charge in [-0.2, -0.15) is 0 Å². The van der Waals surface area contributed by atoms with Crippen LogP contribution in [0.3, 0.4) is 0 Å². The largest absolute Gasteiger partial charge is 0.508 e. The van der Waals surface area contributed by atoms with E-state index in [2.05, 4.69) is 12.2 Å². The van der Waals surface area contributed by atoms with Crippen LogP contribution < -0.4 is 9.05 Å². The molecular formula is C14H15O4PS2. The zero-order valence-electron chi connectivity index (χ0n) is 11.5. The van der Waals surface area contributed by atoms with E-state index in [0.717, 1.165) is 0 Å². The fraction of sp³-hybridized carbons (Fsp3) is 0.143. The van der Waals surface area contributed by atoms with Crippen molar-refractivity contribution >= 4 is 30.6 Å². The van der Waals surface area contributed by atoms with Crippen LogP contribution in [0.15, 0.2) is 36.4 Å². The molecule has 0 aliphatic heterocycles. The summed E-state index contributed by atoms with van der Waals surface area (Å²) in [4.78, 5) is 0. The Bertz CT molecular complexity index is 606. The third kappa shape index (κ3) is 3.90. The minimum atomic E-state index is -2.92. The molecule has 0 saturated carbocycles. The van der Waals surface area contributed by atoms with Crippen LogP contribution in [0.1, 0.15) is 11.1 Å². The second kappa shape index (κ2) is 6.26. The Balaban J connectivity index is 2.22. The van der Waals surface area contributed by atoms with Gasteiger partial charge in [0.05, 0.1) is 12.2 Å². The maximum absolute atomic E-state index is 9.67. The maximum Gasteiger partial charge on any atom is 0.307 e. The average Bonchev–Trinajstić information content (AvgIpc) is 2.40. The van der Waals surface area contributed by atoms with Gasteiger partial charge >= 0.3 is 6.12 Å². The molecule has 112 valence electrons. The first-order chi connectivity index (χ1) is 9.80. The van der Waals surface area contributed by atoms with Crippen LogP contribution in [0.4, 0.5) is 0 Å². The third-order valence-corrected chi connectivity index (χ3v) is 4.73. The van der Waals surface area contributed by atoms with Gasteiger partial charge in [-0.05, 0) is 38.1 Å². The molecule has 0 aliphatic rings. The molecule has 2 aromatic carbocycles. The summed E-state index contributed by atoms with van der Waals surface area (Å²) >= 11 is 9.57. The Hall–Kier alpha value is -1.23. The summed E-state index contributed by atoms with van der Waals surface area (Å²) in [5, 5.41) is 19.3. The first-order valence-electron chi connectivity index (χ1n) is 6.09. The highest BCUT2D eigenvalue weighted by Gasteiger charge is 2.28. The first-order valence-corrected chi connectivity index (χ1v) is 9.88. The predicted octanol–water partition coefficient (Wildman–Crippen LogP) is 4.33. The fourth-order valence-electron chi connectivity index (χ4n) is 1.67. The predicted molar refractivity (Wildman–Crippen MR) is 90.2 cm³/mol. The second-order valence-electron chi connectivity index (χ2n) is 4.45. The fourth-order valence-corrected chi connectivity index (χ4v) is 3.61. The van der Waals surface area contributed by atoms with Crippen molar-refractivity contribution in [1.29, 1.82) is 0 Å². The molecule has 0 radical (unpaired) electrons. The topological polar surface area (TPSA) is 58.9 Å². The number of rotatable bonds is 4. The number of benzene rings is 2. The van der Waals surface area contributed by atoms with E-state index in [1.54, 1.807) is 50.2 Å². The molecule has 0 aliphatic carbocycles. The summed E-state index contributed by atoms with van der Waals surface area (Å²) in [6.07, 6.45) is -2.92. The van der Waals surface area contributed by atoms with Crippen LogP contribution in [-0.4, -0.2) is 10.2 Å². The van der Waals surface area contributed by atoms with Gasteiger partial charge in [0, 0.05) is 11.1 Å². The molecule has 0 fully saturated rings. The van der Waals surface area contributed by atoms with E-state index in [9.17, 15) is 10.2 Å². The van der Waals surface area contributed by atoms with Gasteiger partial charge in [-0.25, -0.2) is 0 Å². The van der Waals surface area contributed by atoms with Gasteiger partial charge in [-0.15, -0.1) is 0 Å². The standard InChI is InChI=1S/C14H15O4PS2/c1-9-11(15)5-3-7-13(9)17-19(20,21)18-14-8-4-6-12(16)10(14)2/h3-8,15-16H,1-2H3,(H,20,21). The third-order valence-electron chi connectivity index (χ3n) is 2.94. The van der Waals surface area contributed by atoms with Crippen LogP contribution >= 0.6 is 18.4 Å². The second-order valence-corrected chi connectivity index (χ2v) is 9.59. The molecule has 0 amide bonds. The molecule has 0 bridgehead atoms. The first kappa shape index (κ1) is 16.1. The summed E-state index contributed by atoms with van der Waals surface area (Å²) in [7, 11) is 0. The lowest BCUT2D eigenvalue weighted by Gasteiger charge is -2.25. The summed E-state index contributed by atoms with van der Waals surface area (Å²) in [5.74, 6) is 1.08. The quantitative estimate of drug-likeness (QED) is 0.439. The van der Waals surface area contributed by atoms with Crippen molar-refractivity contribution in [2.45, 2.75) is 13.8 Å². The van der Waals surface area contributed by atoms with E-state index in [1.165, 1.54) is 0 Å². The number of phenols is 2. The molecule has 0 unspecified atom stereocenters. The zero-order valence-corrected chi connectivity index (χ0v) is 14.1. The molecule has 2 N–H and O–H groups in total. The van der Waals surface area contributed by atoms with Gasteiger partial charge in [0.1, 0.15) is 11.5 Å². The highest BCUT2D eigenvalue weighted by atomic mass is 33.1. The van der Waals surface area contributed by atoms with E-state index in [0.29, 0.717) is 22.6 Å². The van der Waals surface area contributed by atoms with Crippen molar-refractivity contribution in [2.75, 3.05) is 0 Å². The Morgan fingerprint density at radius 3 is 1.67 bits per heavy atom. The van der Waals surface area contributed by atoms with E-state index >= 15 is 0 Å². The van der Waals surface area contributed by atoms with E-state index in [4.69, 9.17) is 21.3 Å². The van der Waals surface area contributed by atoms with Crippen LogP contribution in [0.25, 0.3) is 0 Å². The minimum absolute atomic E-state index is 0.115. The number of phenolic OH excluding ortho intramolecular Hbond substituents is 2. The van der Waals surface area contributed by atoms with Crippen LogP contribution in [-0.2, 0) is 12.2 Å². The lowest BCUT2D eigenvalue weighted by atomic mass is 10.2. The summed E-state index contributed by atoms with van der Waals surface area (Å²) < 4.78 is 11.3. The smallest absolute Gasteiger partial charge is 0.307 e. The SMILES string of the molecule is Cc1c(O)cccc1O[P+]([S-])(S)Oc1cccc(O)c1C. The molecule has 4 nitrogen and oxygen atoms in total. The van der Waals surface area contributed by atoms with Crippen molar-refractivity contribution in [2.24, 2.45) is 0 Å². The lowest BCUT2D eigenvalue weighted by molar-refractivity contribution is 0.455. The summed E-state index contributed by atoms with van der Waals surface area (Å²) in [6, 6.07) is 9.80. The minimum Gasteiger partial charge on any atom is -0.508 e.